The molecule has 0 saturated carbocycles. The van der Waals surface area contributed by atoms with Gasteiger partial charge in [-0.15, -0.1) is 47.5 Å². The second-order valence-corrected chi connectivity index (χ2v) is 7.22. The molecule has 2 aromatic rings. The highest BCUT2D eigenvalue weighted by atomic mass is 35.5. The van der Waals surface area contributed by atoms with Gasteiger partial charge in [0.15, 0.2) is 0 Å². The van der Waals surface area contributed by atoms with Crippen LogP contribution in [0.25, 0.3) is 0 Å². The Morgan fingerprint density at radius 1 is 1.32 bits per heavy atom. The van der Waals surface area contributed by atoms with Crippen molar-refractivity contribution in [1.29, 1.82) is 0 Å². The molecule has 0 saturated heterocycles. The monoisotopic (exact) mass is 382 g/mol. The molecule has 0 aliphatic rings. The number of nitrogens with one attached hydrogen (secondary N) is 1. The molecule has 0 spiro atoms. The number of hydrogen-bond donors (Lipinski definition) is 2. The molecule has 0 aromatic carbocycles. The fourth-order valence-electron chi connectivity index (χ4n) is 1.65. The van der Waals surface area contributed by atoms with E-state index >= 15 is 0 Å². The standard InChI is InChI=1S/C13H18N4OS2.2ClH/c1-7-8(2)20-12(15-7)13(3,4)17-11(18)9-6-19-10(5-14)16-9;;/h6H,5,14H2,1-4H3,(H,17,18);2*1H. The summed E-state index contributed by atoms with van der Waals surface area (Å²) in [5.41, 5.74) is 6.40. The first-order chi connectivity index (χ1) is 9.33. The summed E-state index contributed by atoms with van der Waals surface area (Å²) in [4.78, 5) is 22.1. The Morgan fingerprint density at radius 2 is 1.95 bits per heavy atom. The lowest BCUT2D eigenvalue weighted by molar-refractivity contribution is 0.0907. The summed E-state index contributed by atoms with van der Waals surface area (Å²) in [7, 11) is 0. The largest absolute Gasteiger partial charge is 0.339 e. The molecule has 2 rings (SSSR count). The van der Waals surface area contributed by atoms with Crippen molar-refractivity contribution in [3.05, 3.63) is 31.7 Å². The van der Waals surface area contributed by atoms with E-state index in [4.69, 9.17) is 5.73 Å². The fourth-order valence-corrected chi connectivity index (χ4v) is 3.28. The van der Waals surface area contributed by atoms with Crippen molar-refractivity contribution < 1.29 is 4.79 Å². The molecule has 0 unspecified atom stereocenters. The molecular weight excluding hydrogens is 363 g/mol. The number of aryl methyl sites for hydroxylation is 2. The summed E-state index contributed by atoms with van der Waals surface area (Å²) in [6.07, 6.45) is 0. The average molecular weight is 383 g/mol. The maximum Gasteiger partial charge on any atom is 0.271 e. The zero-order valence-electron chi connectivity index (χ0n) is 12.8. The van der Waals surface area contributed by atoms with Crippen LogP contribution in [0, 0.1) is 13.8 Å². The first kappa shape index (κ1) is 21.3. The van der Waals surface area contributed by atoms with Crippen LogP contribution < -0.4 is 11.1 Å². The number of nitrogens with zero attached hydrogens (tertiary/aromatic N) is 2. The van der Waals surface area contributed by atoms with Gasteiger partial charge in [-0.1, -0.05) is 0 Å². The molecule has 3 N–H and O–H groups in total. The molecule has 22 heavy (non-hydrogen) atoms. The second kappa shape index (κ2) is 8.21. The Bertz CT molecular complexity index is 620. The van der Waals surface area contributed by atoms with E-state index in [9.17, 15) is 4.79 Å². The molecule has 124 valence electrons. The normalized spacial score (nSPS) is 10.6. The number of halogens is 2. The molecule has 5 nitrogen and oxygen atoms in total. The van der Waals surface area contributed by atoms with Crippen LogP contribution >= 0.6 is 47.5 Å². The Labute approximate surface area is 150 Å². The van der Waals surface area contributed by atoms with Gasteiger partial charge in [-0.3, -0.25) is 4.79 Å². The predicted molar refractivity (Wildman–Crippen MR) is 96.6 cm³/mol. The van der Waals surface area contributed by atoms with Gasteiger partial charge in [0.25, 0.3) is 5.91 Å². The van der Waals surface area contributed by atoms with Crippen molar-refractivity contribution in [2.24, 2.45) is 5.73 Å². The Hall–Kier alpha value is -0.730. The lowest BCUT2D eigenvalue weighted by Gasteiger charge is -2.23. The maximum atomic E-state index is 12.2. The van der Waals surface area contributed by atoms with Gasteiger partial charge in [-0.2, -0.15) is 0 Å². The number of carbonyl (C=O) groups is 1. The molecule has 1 amide bonds. The van der Waals surface area contributed by atoms with Gasteiger partial charge in [0.2, 0.25) is 0 Å². The summed E-state index contributed by atoms with van der Waals surface area (Å²) in [5, 5.41) is 6.36. The number of rotatable bonds is 4. The lowest BCUT2D eigenvalue weighted by Crippen LogP contribution is -2.41. The van der Waals surface area contributed by atoms with Crippen LogP contribution in [0.4, 0.5) is 0 Å². The minimum absolute atomic E-state index is 0. The third kappa shape index (κ3) is 4.63. The fraction of sp³-hybridized carbons (Fsp3) is 0.462. The van der Waals surface area contributed by atoms with Crippen molar-refractivity contribution >= 4 is 53.4 Å². The molecule has 2 aromatic heterocycles. The van der Waals surface area contributed by atoms with Crippen molar-refractivity contribution in [3.8, 4) is 0 Å². The highest BCUT2D eigenvalue weighted by molar-refractivity contribution is 7.11. The van der Waals surface area contributed by atoms with Gasteiger partial charge in [0.05, 0.1) is 11.2 Å². The van der Waals surface area contributed by atoms with E-state index in [0.717, 1.165) is 15.7 Å². The van der Waals surface area contributed by atoms with E-state index in [2.05, 4.69) is 15.3 Å². The molecule has 0 bridgehead atoms. The van der Waals surface area contributed by atoms with E-state index in [1.54, 1.807) is 16.7 Å². The van der Waals surface area contributed by atoms with E-state index in [1.807, 2.05) is 27.7 Å². The van der Waals surface area contributed by atoms with Gasteiger partial charge in [-0.05, 0) is 27.7 Å². The number of carbonyl (C=O) groups excluding carboxylic acids is 1. The van der Waals surface area contributed by atoms with E-state index in [0.29, 0.717) is 12.2 Å². The third-order valence-electron chi connectivity index (χ3n) is 2.95. The molecule has 2 heterocycles. The topological polar surface area (TPSA) is 80.9 Å². The zero-order chi connectivity index (χ0) is 14.9. The highest BCUT2D eigenvalue weighted by Crippen LogP contribution is 2.27. The van der Waals surface area contributed by atoms with Gasteiger partial charge in [-0.25, -0.2) is 9.97 Å². The third-order valence-corrected chi connectivity index (χ3v) is 5.22. The second-order valence-electron chi connectivity index (χ2n) is 5.07. The van der Waals surface area contributed by atoms with E-state index in [-0.39, 0.29) is 30.7 Å². The number of nitrogens with two attached hydrogens (primary N) is 1. The van der Waals surface area contributed by atoms with Crippen LogP contribution in [0.3, 0.4) is 0 Å². The summed E-state index contributed by atoms with van der Waals surface area (Å²) in [6.45, 7) is 8.24. The van der Waals surface area contributed by atoms with Crippen molar-refractivity contribution in [2.75, 3.05) is 0 Å². The number of hydrogen-bond acceptors (Lipinski definition) is 6. The summed E-state index contributed by atoms with van der Waals surface area (Å²) in [5.74, 6) is -0.198. The minimum Gasteiger partial charge on any atom is -0.339 e. The van der Waals surface area contributed by atoms with Crippen molar-refractivity contribution in [3.63, 3.8) is 0 Å². The highest BCUT2D eigenvalue weighted by Gasteiger charge is 2.28. The smallest absolute Gasteiger partial charge is 0.271 e. The van der Waals surface area contributed by atoms with Crippen molar-refractivity contribution in [2.45, 2.75) is 39.8 Å². The quantitative estimate of drug-likeness (QED) is 0.850. The molecular formula is C13H20Cl2N4OS2. The molecule has 9 heteroatoms. The van der Waals surface area contributed by atoms with Crippen LogP contribution in [0.2, 0.25) is 0 Å². The van der Waals surface area contributed by atoms with Gasteiger partial charge >= 0.3 is 0 Å². The van der Waals surface area contributed by atoms with E-state index in [1.165, 1.54) is 16.2 Å². The SMILES string of the molecule is Cc1nc(C(C)(C)NC(=O)c2csc(CN)n2)sc1C.Cl.Cl. The van der Waals surface area contributed by atoms with Crippen LogP contribution in [0.1, 0.15) is 44.9 Å². The summed E-state index contributed by atoms with van der Waals surface area (Å²) in [6, 6.07) is 0. The van der Waals surface area contributed by atoms with Crippen molar-refractivity contribution in [1.82, 2.24) is 15.3 Å². The van der Waals surface area contributed by atoms with Gasteiger partial charge in [0.1, 0.15) is 15.7 Å². The van der Waals surface area contributed by atoms with Crippen LogP contribution in [-0.2, 0) is 12.1 Å². The number of aromatic nitrogens is 2. The molecule has 0 fully saturated rings. The zero-order valence-corrected chi connectivity index (χ0v) is 16.1. The maximum absolute atomic E-state index is 12.2. The number of thiazole rings is 2. The Morgan fingerprint density at radius 3 is 2.41 bits per heavy atom. The van der Waals surface area contributed by atoms with Gasteiger partial charge < -0.3 is 11.1 Å². The molecule has 0 aliphatic heterocycles. The average Bonchev–Trinajstić information content (AvgIpc) is 2.97. The predicted octanol–water partition coefficient (Wildman–Crippen LogP) is 3.18. The first-order valence-corrected chi connectivity index (χ1v) is 7.94. The minimum atomic E-state index is -0.521. The summed E-state index contributed by atoms with van der Waals surface area (Å²) >= 11 is 3.00. The van der Waals surface area contributed by atoms with Gasteiger partial charge in [0, 0.05) is 16.8 Å². The lowest BCUT2D eigenvalue weighted by atomic mass is 10.1. The summed E-state index contributed by atoms with van der Waals surface area (Å²) < 4.78 is 0. The van der Waals surface area contributed by atoms with Crippen LogP contribution in [0.15, 0.2) is 5.38 Å². The van der Waals surface area contributed by atoms with Crippen LogP contribution in [-0.4, -0.2) is 15.9 Å². The molecule has 0 atom stereocenters. The van der Waals surface area contributed by atoms with Crippen LogP contribution in [0.5, 0.6) is 0 Å². The Kier molecular flexibility index (Phi) is 7.94. The molecule has 0 radical (unpaired) electrons. The number of amides is 1. The van der Waals surface area contributed by atoms with E-state index < -0.39 is 5.54 Å². The molecule has 0 aliphatic carbocycles. The Balaban J connectivity index is 0.00000220. The first-order valence-electron chi connectivity index (χ1n) is 6.25.